The number of fused-ring (bicyclic) bond motifs is 2. The quantitative estimate of drug-likeness (QED) is 0.900. The Kier molecular flexibility index (Phi) is 3.73. The van der Waals surface area contributed by atoms with Crippen molar-refractivity contribution in [2.24, 2.45) is 0 Å². The Balaban J connectivity index is 1.44. The highest BCUT2D eigenvalue weighted by atomic mass is 16.7. The second-order valence-corrected chi connectivity index (χ2v) is 7.19. The molecular formula is C21H21NO4. The van der Waals surface area contributed by atoms with Crippen LogP contribution in [-0.4, -0.2) is 18.8 Å². The average Bonchev–Trinajstić information content (AvgIpc) is 3.31. The Bertz CT molecular complexity index is 840. The van der Waals surface area contributed by atoms with Gasteiger partial charge in [0.05, 0.1) is 6.10 Å². The van der Waals surface area contributed by atoms with Gasteiger partial charge in [0.15, 0.2) is 11.5 Å². The van der Waals surface area contributed by atoms with Crippen LogP contribution in [0, 0.1) is 0 Å². The van der Waals surface area contributed by atoms with E-state index in [0.717, 1.165) is 41.2 Å². The van der Waals surface area contributed by atoms with Gasteiger partial charge in [0.2, 0.25) is 12.7 Å². The number of anilines is 1. The Morgan fingerprint density at radius 3 is 2.50 bits per heavy atom. The van der Waals surface area contributed by atoms with Gasteiger partial charge in [-0.05, 0) is 55.0 Å². The number of rotatable bonds is 3. The summed E-state index contributed by atoms with van der Waals surface area (Å²) < 4.78 is 17.0. The smallest absolute Gasteiger partial charge is 0.231 e. The molecule has 26 heavy (non-hydrogen) atoms. The lowest BCUT2D eigenvalue weighted by atomic mass is 9.84. The van der Waals surface area contributed by atoms with Crippen molar-refractivity contribution in [1.29, 1.82) is 0 Å². The Morgan fingerprint density at radius 2 is 1.73 bits per heavy atom. The molecule has 0 bridgehead atoms. The number of ether oxygens (including phenoxy) is 3. The molecule has 0 saturated heterocycles. The van der Waals surface area contributed by atoms with Gasteiger partial charge in [0.1, 0.15) is 5.75 Å². The molecule has 2 aromatic rings. The second-order valence-electron chi connectivity index (χ2n) is 7.19. The van der Waals surface area contributed by atoms with Crippen molar-refractivity contribution < 1.29 is 19.0 Å². The number of benzene rings is 2. The zero-order valence-electron chi connectivity index (χ0n) is 14.5. The van der Waals surface area contributed by atoms with E-state index >= 15 is 0 Å². The summed E-state index contributed by atoms with van der Waals surface area (Å²) in [7, 11) is 0. The molecule has 1 saturated carbocycles. The van der Waals surface area contributed by atoms with E-state index in [1.165, 1.54) is 12.8 Å². The van der Waals surface area contributed by atoms with Crippen LogP contribution in [0.3, 0.4) is 0 Å². The van der Waals surface area contributed by atoms with E-state index in [2.05, 4.69) is 17.4 Å². The molecular weight excluding hydrogens is 330 g/mol. The van der Waals surface area contributed by atoms with Gasteiger partial charge >= 0.3 is 0 Å². The van der Waals surface area contributed by atoms with Crippen molar-refractivity contribution in [1.82, 2.24) is 0 Å². The van der Waals surface area contributed by atoms with Crippen molar-refractivity contribution in [3.8, 4) is 17.2 Å². The maximum atomic E-state index is 12.2. The summed E-state index contributed by atoms with van der Waals surface area (Å²) in [5, 5.41) is 2.95. The first-order valence-corrected chi connectivity index (χ1v) is 9.26. The number of nitrogens with one attached hydrogen (secondary N) is 1. The molecule has 0 spiro atoms. The third-order valence-corrected chi connectivity index (χ3v) is 5.47. The Hall–Kier alpha value is -2.69. The summed E-state index contributed by atoms with van der Waals surface area (Å²) in [6, 6.07) is 12.0. The Morgan fingerprint density at radius 1 is 1.00 bits per heavy atom. The largest absolute Gasteiger partial charge is 0.490 e. The maximum absolute atomic E-state index is 12.2. The lowest BCUT2D eigenvalue weighted by Gasteiger charge is -2.26. The molecule has 5 rings (SSSR count). The molecule has 0 aromatic heterocycles. The van der Waals surface area contributed by atoms with E-state index in [9.17, 15) is 4.79 Å². The second kappa shape index (κ2) is 6.24. The predicted octanol–water partition coefficient (Wildman–Crippen LogP) is 4.21. The first-order valence-electron chi connectivity index (χ1n) is 9.26. The van der Waals surface area contributed by atoms with Crippen LogP contribution in [0.1, 0.15) is 49.1 Å². The van der Waals surface area contributed by atoms with Crippen molar-refractivity contribution in [3.05, 3.63) is 47.5 Å². The minimum atomic E-state index is 0.00813. The summed E-state index contributed by atoms with van der Waals surface area (Å²) in [5.74, 6) is 2.37. The highest BCUT2D eigenvalue weighted by molar-refractivity contribution is 5.96. The topological polar surface area (TPSA) is 56.8 Å². The summed E-state index contributed by atoms with van der Waals surface area (Å²) in [6.07, 6.45) is 5.58. The van der Waals surface area contributed by atoms with Gasteiger partial charge in [-0.15, -0.1) is 0 Å². The summed E-state index contributed by atoms with van der Waals surface area (Å²) in [6.45, 7) is 0.226. The van der Waals surface area contributed by atoms with Crippen LogP contribution in [0.25, 0.3) is 0 Å². The molecule has 1 fully saturated rings. The zero-order chi connectivity index (χ0) is 17.5. The van der Waals surface area contributed by atoms with Gasteiger partial charge in [-0.3, -0.25) is 4.79 Å². The maximum Gasteiger partial charge on any atom is 0.231 e. The van der Waals surface area contributed by atoms with E-state index in [4.69, 9.17) is 14.2 Å². The number of amides is 1. The minimum Gasteiger partial charge on any atom is -0.490 e. The van der Waals surface area contributed by atoms with Crippen LogP contribution in [0.5, 0.6) is 17.2 Å². The van der Waals surface area contributed by atoms with Crippen molar-refractivity contribution in [2.45, 2.75) is 44.1 Å². The average molecular weight is 351 g/mol. The molecule has 2 aromatic carbocycles. The summed E-state index contributed by atoms with van der Waals surface area (Å²) >= 11 is 0. The molecule has 2 heterocycles. The first kappa shape index (κ1) is 15.6. The number of carbonyl (C=O) groups is 1. The van der Waals surface area contributed by atoms with Gasteiger partial charge < -0.3 is 19.5 Å². The fourth-order valence-electron chi connectivity index (χ4n) is 4.13. The zero-order valence-corrected chi connectivity index (χ0v) is 14.5. The first-order chi connectivity index (χ1) is 12.8. The molecule has 1 atom stereocenters. The van der Waals surface area contributed by atoms with E-state index in [-0.39, 0.29) is 18.6 Å². The molecule has 1 unspecified atom stereocenters. The van der Waals surface area contributed by atoms with Gasteiger partial charge in [-0.1, -0.05) is 12.1 Å². The van der Waals surface area contributed by atoms with Crippen LogP contribution in [-0.2, 0) is 4.79 Å². The van der Waals surface area contributed by atoms with E-state index < -0.39 is 0 Å². The number of hydrogen-bond acceptors (Lipinski definition) is 4. The van der Waals surface area contributed by atoms with Crippen LogP contribution >= 0.6 is 0 Å². The van der Waals surface area contributed by atoms with Crippen molar-refractivity contribution in [2.75, 3.05) is 12.1 Å². The lowest BCUT2D eigenvalue weighted by Crippen LogP contribution is -2.23. The molecule has 0 radical (unpaired) electrons. The van der Waals surface area contributed by atoms with E-state index in [0.29, 0.717) is 18.3 Å². The third-order valence-electron chi connectivity index (χ3n) is 5.47. The number of hydrogen-bond donors (Lipinski definition) is 1. The minimum absolute atomic E-state index is 0.00813. The monoisotopic (exact) mass is 351 g/mol. The normalized spacial score (nSPS) is 21.4. The molecule has 1 amide bonds. The molecule has 5 nitrogen and oxygen atoms in total. The third kappa shape index (κ3) is 2.77. The van der Waals surface area contributed by atoms with Gasteiger partial charge in [0.25, 0.3) is 0 Å². The Labute approximate surface area is 152 Å². The van der Waals surface area contributed by atoms with Crippen molar-refractivity contribution in [3.63, 3.8) is 0 Å². The molecule has 1 N–H and O–H groups in total. The van der Waals surface area contributed by atoms with Gasteiger partial charge in [-0.2, -0.15) is 0 Å². The van der Waals surface area contributed by atoms with Gasteiger partial charge in [-0.25, -0.2) is 0 Å². The molecule has 2 aliphatic heterocycles. The predicted molar refractivity (Wildman–Crippen MR) is 97.0 cm³/mol. The highest BCUT2D eigenvalue weighted by Crippen LogP contribution is 2.44. The van der Waals surface area contributed by atoms with Gasteiger partial charge in [0, 0.05) is 24.1 Å². The number of carbonyl (C=O) groups excluding carboxylic acids is 1. The lowest BCUT2D eigenvalue weighted by molar-refractivity contribution is -0.116. The summed E-state index contributed by atoms with van der Waals surface area (Å²) in [5.41, 5.74) is 2.99. The van der Waals surface area contributed by atoms with E-state index in [1.54, 1.807) is 0 Å². The molecule has 134 valence electrons. The fraction of sp³-hybridized carbons (Fsp3) is 0.381. The molecule has 3 aliphatic rings. The molecule has 5 heteroatoms. The molecule has 1 aliphatic carbocycles. The van der Waals surface area contributed by atoms with Crippen LogP contribution in [0.4, 0.5) is 5.69 Å². The van der Waals surface area contributed by atoms with Crippen LogP contribution in [0.15, 0.2) is 36.4 Å². The van der Waals surface area contributed by atoms with Crippen molar-refractivity contribution >= 4 is 11.6 Å². The standard InChI is InChI=1S/C21H21NO4/c23-21-10-16(17-9-19-20(25-12-24-19)11-18(17)22-21)13-5-7-15(8-6-13)26-14-3-1-2-4-14/h5-9,11,14,16H,1-4,10,12H2,(H,22,23). The van der Waals surface area contributed by atoms with Crippen LogP contribution in [0.2, 0.25) is 0 Å². The van der Waals surface area contributed by atoms with E-state index in [1.807, 2.05) is 24.3 Å². The summed E-state index contributed by atoms with van der Waals surface area (Å²) in [4.78, 5) is 12.2. The van der Waals surface area contributed by atoms with Crippen LogP contribution < -0.4 is 19.5 Å². The SMILES string of the molecule is O=C1CC(c2ccc(OC3CCCC3)cc2)c2cc3c(cc2N1)OCO3. The highest BCUT2D eigenvalue weighted by Gasteiger charge is 2.30. The fourth-order valence-corrected chi connectivity index (χ4v) is 4.13.